The van der Waals surface area contributed by atoms with E-state index in [1.807, 2.05) is 24.6 Å². The Hall–Kier alpha value is -0.520. The summed E-state index contributed by atoms with van der Waals surface area (Å²) in [5, 5.41) is 14.6. The number of nitrogens with one attached hydrogen (secondary N) is 1. The molecule has 0 aliphatic carbocycles. The highest BCUT2D eigenvalue weighted by Crippen LogP contribution is 2.14. The van der Waals surface area contributed by atoms with Gasteiger partial charge in [-0.1, -0.05) is 0 Å². The minimum Gasteiger partial charge on any atom is -0.387 e. The van der Waals surface area contributed by atoms with Crippen LogP contribution in [-0.2, 0) is 0 Å². The molecule has 2 N–H and O–H groups in total. The summed E-state index contributed by atoms with van der Waals surface area (Å²) in [5.74, 6) is 0.496. The average Bonchev–Trinajstić information content (AvgIpc) is 2.61. The molecule has 1 aromatic rings. The molecule has 1 heterocycles. The van der Waals surface area contributed by atoms with Gasteiger partial charge in [0.25, 0.3) is 5.91 Å². The molecular weight excluding hydrogens is 242 g/mol. The quantitative estimate of drug-likeness (QED) is 0.849. The molecule has 0 unspecified atom stereocenters. The van der Waals surface area contributed by atoms with Crippen molar-refractivity contribution < 1.29 is 9.90 Å². The first-order chi connectivity index (χ1) is 7.44. The van der Waals surface area contributed by atoms with E-state index >= 15 is 0 Å². The van der Waals surface area contributed by atoms with Crippen LogP contribution >= 0.6 is 23.1 Å². The van der Waals surface area contributed by atoms with Crippen molar-refractivity contribution in [2.24, 2.45) is 0 Å². The number of thioether (sulfide) groups is 1. The van der Waals surface area contributed by atoms with E-state index in [-0.39, 0.29) is 12.5 Å². The van der Waals surface area contributed by atoms with E-state index < -0.39 is 5.60 Å². The number of carbonyl (C=O) groups is 1. The Kier molecular flexibility index (Phi) is 4.83. The Morgan fingerprint density at radius 2 is 2.38 bits per heavy atom. The molecule has 0 saturated heterocycles. The van der Waals surface area contributed by atoms with Crippen LogP contribution in [0.1, 0.15) is 22.2 Å². The first-order valence-corrected chi connectivity index (χ1v) is 7.26. The third kappa shape index (κ3) is 4.15. The van der Waals surface area contributed by atoms with Gasteiger partial charge in [-0.25, -0.2) is 0 Å². The highest BCUT2D eigenvalue weighted by atomic mass is 32.2. The Labute approximate surface area is 104 Å². The van der Waals surface area contributed by atoms with Crippen LogP contribution in [0, 0.1) is 6.92 Å². The van der Waals surface area contributed by atoms with E-state index in [9.17, 15) is 9.90 Å². The number of thiophene rings is 1. The SMILES string of the molecule is CSC[C@](C)(O)CNC(=O)c1cc(C)cs1. The van der Waals surface area contributed by atoms with E-state index in [0.29, 0.717) is 10.6 Å². The van der Waals surface area contributed by atoms with Crippen LogP contribution in [-0.4, -0.2) is 35.2 Å². The lowest BCUT2D eigenvalue weighted by molar-refractivity contribution is 0.0727. The Bertz CT molecular complexity index is 361. The van der Waals surface area contributed by atoms with E-state index in [2.05, 4.69) is 5.32 Å². The molecule has 5 heteroatoms. The zero-order valence-corrected chi connectivity index (χ0v) is 11.4. The largest absolute Gasteiger partial charge is 0.387 e. The highest BCUT2D eigenvalue weighted by Gasteiger charge is 2.21. The number of amides is 1. The van der Waals surface area contributed by atoms with E-state index in [1.54, 1.807) is 18.7 Å². The molecule has 1 rings (SSSR count). The van der Waals surface area contributed by atoms with E-state index in [0.717, 1.165) is 5.56 Å². The molecular formula is C11H17NO2S2. The summed E-state index contributed by atoms with van der Waals surface area (Å²) in [6.45, 7) is 3.96. The van der Waals surface area contributed by atoms with Crippen molar-refractivity contribution >= 4 is 29.0 Å². The minimum atomic E-state index is -0.846. The number of aliphatic hydroxyl groups is 1. The van der Waals surface area contributed by atoms with Gasteiger partial charge in [0, 0.05) is 12.3 Å². The molecule has 0 radical (unpaired) electrons. The number of rotatable bonds is 5. The highest BCUT2D eigenvalue weighted by molar-refractivity contribution is 7.98. The molecule has 90 valence electrons. The van der Waals surface area contributed by atoms with Gasteiger partial charge in [0.15, 0.2) is 0 Å². The monoisotopic (exact) mass is 259 g/mol. The van der Waals surface area contributed by atoms with Gasteiger partial charge in [-0.05, 0) is 37.1 Å². The first kappa shape index (κ1) is 13.5. The third-order valence-corrected chi connectivity index (χ3v) is 4.00. The van der Waals surface area contributed by atoms with Gasteiger partial charge in [0.1, 0.15) is 0 Å². The second-order valence-corrected chi connectivity index (χ2v) is 5.88. The fraction of sp³-hybridized carbons (Fsp3) is 0.545. The Balaban J connectivity index is 2.47. The van der Waals surface area contributed by atoms with Gasteiger partial charge in [-0.15, -0.1) is 11.3 Å². The molecule has 0 spiro atoms. The molecule has 16 heavy (non-hydrogen) atoms. The molecule has 0 aliphatic heterocycles. The summed E-state index contributed by atoms with van der Waals surface area (Å²) in [7, 11) is 0. The molecule has 0 bridgehead atoms. The fourth-order valence-corrected chi connectivity index (χ4v) is 2.81. The molecule has 0 aliphatic rings. The van der Waals surface area contributed by atoms with E-state index in [4.69, 9.17) is 0 Å². The Morgan fingerprint density at radius 1 is 1.69 bits per heavy atom. The zero-order chi connectivity index (χ0) is 12.2. The standard InChI is InChI=1S/C11H17NO2S2/c1-8-4-9(16-5-8)10(13)12-6-11(2,14)7-15-3/h4-5,14H,6-7H2,1-3H3,(H,12,13)/t11-/m1/s1. The van der Waals surface area contributed by atoms with Crippen molar-refractivity contribution in [2.75, 3.05) is 18.6 Å². The lowest BCUT2D eigenvalue weighted by Crippen LogP contribution is -2.42. The van der Waals surface area contributed by atoms with Gasteiger partial charge in [-0.2, -0.15) is 11.8 Å². The van der Waals surface area contributed by atoms with Crippen LogP contribution in [0.5, 0.6) is 0 Å². The van der Waals surface area contributed by atoms with Crippen LogP contribution in [0.2, 0.25) is 0 Å². The minimum absolute atomic E-state index is 0.112. The maximum Gasteiger partial charge on any atom is 0.261 e. The lowest BCUT2D eigenvalue weighted by atomic mass is 10.1. The predicted molar refractivity (Wildman–Crippen MR) is 70.4 cm³/mol. The topological polar surface area (TPSA) is 49.3 Å². The maximum absolute atomic E-state index is 11.7. The van der Waals surface area contributed by atoms with Crippen molar-refractivity contribution in [1.29, 1.82) is 0 Å². The van der Waals surface area contributed by atoms with E-state index in [1.165, 1.54) is 11.3 Å². The smallest absolute Gasteiger partial charge is 0.261 e. The van der Waals surface area contributed by atoms with Crippen LogP contribution in [0.15, 0.2) is 11.4 Å². The Morgan fingerprint density at radius 3 is 2.88 bits per heavy atom. The lowest BCUT2D eigenvalue weighted by Gasteiger charge is -2.22. The number of hydrogen-bond acceptors (Lipinski definition) is 4. The number of hydrogen-bond donors (Lipinski definition) is 2. The zero-order valence-electron chi connectivity index (χ0n) is 9.74. The van der Waals surface area contributed by atoms with Crippen molar-refractivity contribution in [3.05, 3.63) is 21.9 Å². The van der Waals surface area contributed by atoms with Crippen molar-refractivity contribution in [3.8, 4) is 0 Å². The number of carbonyl (C=O) groups excluding carboxylic acids is 1. The van der Waals surface area contributed by atoms with Gasteiger partial charge in [0.05, 0.1) is 10.5 Å². The third-order valence-electron chi connectivity index (χ3n) is 2.04. The van der Waals surface area contributed by atoms with Crippen LogP contribution in [0.3, 0.4) is 0 Å². The summed E-state index contributed by atoms with van der Waals surface area (Å²) in [6, 6.07) is 1.85. The predicted octanol–water partition coefficient (Wildman–Crippen LogP) is 1.90. The van der Waals surface area contributed by atoms with Gasteiger partial charge in [-0.3, -0.25) is 4.79 Å². The molecule has 0 saturated carbocycles. The summed E-state index contributed by atoms with van der Waals surface area (Å²) in [6.07, 6.45) is 1.93. The van der Waals surface area contributed by atoms with Crippen LogP contribution in [0.4, 0.5) is 0 Å². The molecule has 3 nitrogen and oxygen atoms in total. The normalized spacial score (nSPS) is 14.5. The van der Waals surface area contributed by atoms with Crippen LogP contribution in [0.25, 0.3) is 0 Å². The molecule has 1 atom stereocenters. The van der Waals surface area contributed by atoms with Gasteiger partial charge >= 0.3 is 0 Å². The summed E-state index contributed by atoms with van der Waals surface area (Å²) in [4.78, 5) is 12.4. The first-order valence-electron chi connectivity index (χ1n) is 4.99. The maximum atomic E-state index is 11.7. The second-order valence-electron chi connectivity index (χ2n) is 4.10. The van der Waals surface area contributed by atoms with Crippen molar-refractivity contribution in [2.45, 2.75) is 19.4 Å². The molecule has 0 aromatic carbocycles. The van der Waals surface area contributed by atoms with Gasteiger partial charge in [0.2, 0.25) is 0 Å². The van der Waals surface area contributed by atoms with Crippen molar-refractivity contribution in [1.82, 2.24) is 5.32 Å². The number of aryl methyl sites for hydroxylation is 1. The summed E-state index contributed by atoms with van der Waals surface area (Å²) < 4.78 is 0. The average molecular weight is 259 g/mol. The summed E-state index contributed by atoms with van der Waals surface area (Å²) in [5.41, 5.74) is 0.243. The van der Waals surface area contributed by atoms with Crippen molar-refractivity contribution in [3.63, 3.8) is 0 Å². The molecule has 1 amide bonds. The molecule has 1 aromatic heterocycles. The molecule has 0 fully saturated rings. The second kappa shape index (κ2) is 5.70. The van der Waals surface area contributed by atoms with Gasteiger partial charge < -0.3 is 10.4 Å². The van der Waals surface area contributed by atoms with Crippen LogP contribution < -0.4 is 5.32 Å². The fourth-order valence-electron chi connectivity index (χ4n) is 1.27. The summed E-state index contributed by atoms with van der Waals surface area (Å²) >= 11 is 2.98.